The number of ether oxygens (including phenoxy) is 3. The van der Waals surface area contributed by atoms with E-state index in [2.05, 4.69) is 4.99 Å². The normalized spacial score (nSPS) is 14.7. The second kappa shape index (κ2) is 7.74. The van der Waals surface area contributed by atoms with E-state index < -0.39 is 18.5 Å². The highest BCUT2D eigenvalue weighted by molar-refractivity contribution is 6.12. The molecule has 0 aromatic heterocycles. The van der Waals surface area contributed by atoms with E-state index in [0.29, 0.717) is 11.3 Å². The van der Waals surface area contributed by atoms with Gasteiger partial charge in [0.15, 0.2) is 17.2 Å². The van der Waals surface area contributed by atoms with Crippen molar-refractivity contribution in [1.82, 2.24) is 0 Å². The summed E-state index contributed by atoms with van der Waals surface area (Å²) >= 11 is 0. The van der Waals surface area contributed by atoms with Crippen LogP contribution >= 0.6 is 0 Å². The van der Waals surface area contributed by atoms with Crippen LogP contribution in [0.25, 0.3) is 6.08 Å². The van der Waals surface area contributed by atoms with E-state index in [1.165, 1.54) is 7.11 Å². The van der Waals surface area contributed by atoms with E-state index in [1.54, 1.807) is 24.3 Å². The van der Waals surface area contributed by atoms with Crippen LogP contribution in [0.4, 0.5) is 0 Å². The zero-order chi connectivity index (χ0) is 19.4. The molecule has 0 aliphatic carbocycles. The fraction of sp³-hybridized carbons (Fsp3) is 0.150. The molecule has 1 aliphatic heterocycles. The molecule has 7 heteroatoms. The lowest BCUT2D eigenvalue weighted by molar-refractivity contribution is -0.307. The lowest BCUT2D eigenvalue weighted by Crippen LogP contribution is -2.29. The molecule has 138 valence electrons. The maximum atomic E-state index is 12.1. The van der Waals surface area contributed by atoms with Crippen molar-refractivity contribution in [2.45, 2.75) is 6.92 Å². The Hall–Kier alpha value is -3.61. The van der Waals surface area contributed by atoms with Crippen molar-refractivity contribution < 1.29 is 28.9 Å². The number of esters is 1. The van der Waals surface area contributed by atoms with Crippen LogP contribution in [0.3, 0.4) is 0 Å². The molecule has 0 saturated carbocycles. The Bertz CT molecular complexity index is 961. The standard InChI is InChI=1S/C20H17NO6/c1-12-4-3-5-14(8-12)19-21-15(20(24)27-19)9-13-6-7-16(17(10-13)25-2)26-11-18(22)23/h3-10H,11H2,1-2H3,(H,22,23)/p-1/b15-9-. The van der Waals surface area contributed by atoms with Gasteiger partial charge in [0.05, 0.1) is 13.1 Å². The van der Waals surface area contributed by atoms with E-state index in [4.69, 9.17) is 14.2 Å². The molecule has 2 aromatic rings. The Morgan fingerprint density at radius 1 is 1.22 bits per heavy atom. The minimum Gasteiger partial charge on any atom is -0.546 e. The fourth-order valence-corrected chi connectivity index (χ4v) is 2.50. The number of methoxy groups -OCH3 is 1. The molecule has 1 aliphatic rings. The van der Waals surface area contributed by atoms with Crippen LogP contribution in [0.15, 0.2) is 53.2 Å². The Labute approximate surface area is 155 Å². The number of carbonyl (C=O) groups excluding carboxylic acids is 2. The fourth-order valence-electron chi connectivity index (χ4n) is 2.50. The average molecular weight is 366 g/mol. The molecule has 2 aromatic carbocycles. The molecular weight excluding hydrogens is 350 g/mol. The number of nitrogens with zero attached hydrogens (tertiary/aromatic N) is 1. The molecule has 0 amide bonds. The highest BCUT2D eigenvalue weighted by Crippen LogP contribution is 2.29. The van der Waals surface area contributed by atoms with Crippen LogP contribution in [0.2, 0.25) is 0 Å². The SMILES string of the molecule is COc1cc(/C=C2\N=C(c3cccc(C)c3)OC2=O)ccc1OCC(=O)[O-]. The van der Waals surface area contributed by atoms with Gasteiger partial charge in [-0.05, 0) is 42.8 Å². The van der Waals surface area contributed by atoms with Gasteiger partial charge in [0.2, 0.25) is 5.90 Å². The quantitative estimate of drug-likeness (QED) is 0.567. The summed E-state index contributed by atoms with van der Waals surface area (Å²) in [5, 5.41) is 10.5. The van der Waals surface area contributed by atoms with E-state index in [1.807, 2.05) is 31.2 Å². The summed E-state index contributed by atoms with van der Waals surface area (Å²) in [5.41, 5.74) is 2.52. The van der Waals surface area contributed by atoms with Gasteiger partial charge in [-0.2, -0.15) is 0 Å². The molecule has 27 heavy (non-hydrogen) atoms. The Morgan fingerprint density at radius 3 is 2.74 bits per heavy atom. The summed E-state index contributed by atoms with van der Waals surface area (Å²) in [6.45, 7) is 1.35. The predicted octanol–water partition coefficient (Wildman–Crippen LogP) is 1.48. The number of carboxylic acids is 1. The molecule has 0 atom stereocenters. The smallest absolute Gasteiger partial charge is 0.363 e. The maximum absolute atomic E-state index is 12.1. The molecule has 0 saturated heterocycles. The average Bonchev–Trinajstić information content (AvgIpc) is 3.01. The molecule has 0 unspecified atom stereocenters. The number of aliphatic carboxylic acids is 1. The summed E-state index contributed by atoms with van der Waals surface area (Å²) in [7, 11) is 1.43. The number of carbonyl (C=O) groups is 2. The molecule has 0 bridgehead atoms. The Kier molecular flexibility index (Phi) is 5.21. The number of benzene rings is 2. The predicted molar refractivity (Wildman–Crippen MR) is 95.3 cm³/mol. The lowest BCUT2D eigenvalue weighted by Gasteiger charge is -2.11. The summed E-state index contributed by atoms with van der Waals surface area (Å²) in [4.78, 5) is 26.9. The van der Waals surface area contributed by atoms with Gasteiger partial charge >= 0.3 is 5.97 Å². The summed E-state index contributed by atoms with van der Waals surface area (Å²) in [6.07, 6.45) is 1.55. The molecule has 0 fully saturated rings. The number of aliphatic imine (C=N–C) groups is 1. The van der Waals surface area contributed by atoms with Crippen molar-refractivity contribution in [3.63, 3.8) is 0 Å². The zero-order valence-electron chi connectivity index (χ0n) is 14.7. The number of carboxylic acid groups (broad SMARTS) is 1. The molecule has 7 nitrogen and oxygen atoms in total. The van der Waals surface area contributed by atoms with Crippen LogP contribution in [-0.2, 0) is 14.3 Å². The van der Waals surface area contributed by atoms with Crippen LogP contribution in [0, 0.1) is 6.92 Å². The van der Waals surface area contributed by atoms with Gasteiger partial charge in [0.1, 0.15) is 6.61 Å². The molecular formula is C20H16NO6-. The third-order valence-corrected chi connectivity index (χ3v) is 3.72. The molecule has 0 N–H and O–H groups in total. The summed E-state index contributed by atoms with van der Waals surface area (Å²) in [5.74, 6) is -1.07. The van der Waals surface area contributed by atoms with Gasteiger partial charge in [-0.1, -0.05) is 23.8 Å². The molecule has 1 heterocycles. The molecule has 0 radical (unpaired) electrons. The second-order valence-electron chi connectivity index (χ2n) is 5.78. The van der Waals surface area contributed by atoms with Gasteiger partial charge in [0, 0.05) is 5.56 Å². The highest BCUT2D eigenvalue weighted by Gasteiger charge is 2.24. The zero-order valence-corrected chi connectivity index (χ0v) is 14.7. The van der Waals surface area contributed by atoms with E-state index >= 15 is 0 Å². The number of aryl methyl sites for hydroxylation is 1. The van der Waals surface area contributed by atoms with Gasteiger partial charge in [-0.15, -0.1) is 0 Å². The van der Waals surface area contributed by atoms with E-state index in [0.717, 1.165) is 11.1 Å². The first-order valence-electron chi connectivity index (χ1n) is 8.06. The third-order valence-electron chi connectivity index (χ3n) is 3.72. The van der Waals surface area contributed by atoms with Gasteiger partial charge < -0.3 is 24.1 Å². The first-order valence-corrected chi connectivity index (χ1v) is 8.06. The first kappa shape index (κ1) is 18.2. The Morgan fingerprint density at radius 2 is 2.04 bits per heavy atom. The number of cyclic esters (lactones) is 1. The topological polar surface area (TPSA) is 97.2 Å². The second-order valence-corrected chi connectivity index (χ2v) is 5.78. The minimum absolute atomic E-state index is 0.150. The van der Waals surface area contributed by atoms with Crippen LogP contribution in [-0.4, -0.2) is 31.6 Å². The summed E-state index contributed by atoms with van der Waals surface area (Å²) in [6, 6.07) is 12.3. The maximum Gasteiger partial charge on any atom is 0.363 e. The van der Waals surface area contributed by atoms with Crippen molar-refractivity contribution >= 4 is 23.9 Å². The van der Waals surface area contributed by atoms with E-state index in [9.17, 15) is 14.7 Å². The number of rotatable bonds is 6. The van der Waals surface area contributed by atoms with Gasteiger partial charge in [0.25, 0.3) is 0 Å². The largest absolute Gasteiger partial charge is 0.546 e. The van der Waals surface area contributed by atoms with Crippen molar-refractivity contribution in [1.29, 1.82) is 0 Å². The van der Waals surface area contributed by atoms with Gasteiger partial charge in [-0.25, -0.2) is 9.79 Å². The van der Waals surface area contributed by atoms with Crippen LogP contribution in [0.1, 0.15) is 16.7 Å². The molecule has 3 rings (SSSR count). The minimum atomic E-state index is -1.34. The van der Waals surface area contributed by atoms with Crippen LogP contribution in [0.5, 0.6) is 11.5 Å². The lowest BCUT2D eigenvalue weighted by atomic mass is 10.1. The van der Waals surface area contributed by atoms with Gasteiger partial charge in [-0.3, -0.25) is 0 Å². The van der Waals surface area contributed by atoms with E-state index in [-0.39, 0.29) is 17.3 Å². The van der Waals surface area contributed by atoms with Crippen molar-refractivity contribution in [2.75, 3.05) is 13.7 Å². The van der Waals surface area contributed by atoms with Crippen molar-refractivity contribution in [2.24, 2.45) is 4.99 Å². The number of hydrogen-bond acceptors (Lipinski definition) is 7. The summed E-state index contributed by atoms with van der Waals surface area (Å²) < 4.78 is 15.5. The Balaban J connectivity index is 1.87. The third kappa shape index (κ3) is 4.33. The number of hydrogen-bond donors (Lipinski definition) is 0. The first-order chi connectivity index (χ1) is 13.0. The molecule has 0 spiro atoms. The van der Waals surface area contributed by atoms with Crippen LogP contribution < -0.4 is 14.6 Å². The highest BCUT2D eigenvalue weighted by atomic mass is 16.6. The van der Waals surface area contributed by atoms with Crippen molar-refractivity contribution in [3.8, 4) is 11.5 Å². The van der Waals surface area contributed by atoms with Crippen molar-refractivity contribution in [3.05, 3.63) is 64.9 Å². The monoisotopic (exact) mass is 366 g/mol.